The van der Waals surface area contributed by atoms with Crippen molar-refractivity contribution in [2.75, 3.05) is 46.9 Å². The number of carbonyl (C=O) groups excluding carboxylic acids is 1. The van der Waals surface area contributed by atoms with Gasteiger partial charge in [0.25, 0.3) is 0 Å². The number of carbonyl (C=O) groups is 1. The maximum atomic E-state index is 12.0. The van der Waals surface area contributed by atoms with E-state index >= 15 is 0 Å². The summed E-state index contributed by atoms with van der Waals surface area (Å²) < 4.78 is 5.19. The van der Waals surface area contributed by atoms with Crippen LogP contribution in [0.5, 0.6) is 0 Å². The van der Waals surface area contributed by atoms with E-state index in [2.05, 4.69) is 36.1 Å². The number of likely N-dealkylation sites (N-methyl/N-ethyl adjacent to an activating group) is 1. The van der Waals surface area contributed by atoms with Crippen molar-refractivity contribution in [2.45, 2.75) is 64.8 Å². The van der Waals surface area contributed by atoms with Crippen LogP contribution in [-0.2, 0) is 9.53 Å². The Labute approximate surface area is 188 Å². The fourth-order valence-corrected chi connectivity index (χ4v) is 4.45. The molecule has 1 saturated carbocycles. The lowest BCUT2D eigenvalue weighted by molar-refractivity contribution is -0.149. The van der Waals surface area contributed by atoms with Gasteiger partial charge in [-0.1, -0.05) is 19.3 Å². The zero-order valence-electron chi connectivity index (χ0n) is 18.3. The van der Waals surface area contributed by atoms with Gasteiger partial charge in [-0.15, -0.1) is 24.0 Å². The quantitative estimate of drug-likeness (QED) is 0.248. The smallest absolute Gasteiger partial charge is 0.309 e. The minimum Gasteiger partial charge on any atom is -0.466 e. The van der Waals surface area contributed by atoms with Crippen LogP contribution in [0.1, 0.15) is 58.8 Å². The molecule has 2 aliphatic rings. The van der Waals surface area contributed by atoms with Crippen LogP contribution >= 0.6 is 24.0 Å². The van der Waals surface area contributed by atoms with Crippen molar-refractivity contribution in [1.82, 2.24) is 15.1 Å². The summed E-state index contributed by atoms with van der Waals surface area (Å²) in [5, 5.41) is 3.46. The lowest BCUT2D eigenvalue weighted by Gasteiger charge is -2.36. The zero-order valence-corrected chi connectivity index (χ0v) is 20.6. The van der Waals surface area contributed by atoms with Crippen molar-refractivity contribution in [3.8, 4) is 0 Å². The van der Waals surface area contributed by atoms with E-state index in [1.165, 1.54) is 32.1 Å². The molecular weight excluding hydrogens is 467 g/mol. The Bertz CT molecular complexity index is 473. The number of esters is 1. The average Bonchev–Trinajstić information content (AvgIpc) is 2.68. The molecule has 1 N–H and O–H groups in total. The Morgan fingerprint density at radius 3 is 2.32 bits per heavy atom. The number of piperidine rings is 1. The van der Waals surface area contributed by atoms with E-state index in [4.69, 9.17) is 9.73 Å². The van der Waals surface area contributed by atoms with Crippen molar-refractivity contribution in [3.63, 3.8) is 0 Å². The number of hydrogen-bond acceptors (Lipinski definition) is 4. The summed E-state index contributed by atoms with van der Waals surface area (Å²) in [6, 6.07) is 0.510. The summed E-state index contributed by atoms with van der Waals surface area (Å²) in [6.45, 7) is 7.90. The van der Waals surface area contributed by atoms with Gasteiger partial charge in [0.15, 0.2) is 5.96 Å². The van der Waals surface area contributed by atoms with Gasteiger partial charge in [-0.25, -0.2) is 0 Å². The number of halogens is 1. The van der Waals surface area contributed by atoms with E-state index in [-0.39, 0.29) is 35.9 Å². The molecule has 7 heteroatoms. The van der Waals surface area contributed by atoms with Crippen LogP contribution in [0.2, 0.25) is 0 Å². The molecule has 0 aromatic heterocycles. The summed E-state index contributed by atoms with van der Waals surface area (Å²) in [5.41, 5.74) is 0. The number of nitrogens with zero attached hydrogens (tertiary/aromatic N) is 3. The second kappa shape index (κ2) is 13.6. The van der Waals surface area contributed by atoms with Gasteiger partial charge in [0.05, 0.1) is 19.1 Å². The Balaban J connectivity index is 0.00000392. The number of ether oxygens (including phenoxy) is 1. The number of nitrogens with one attached hydrogen (secondary N) is 1. The van der Waals surface area contributed by atoms with E-state index in [0.717, 1.165) is 50.9 Å². The number of rotatable bonds is 7. The normalized spacial score (nSPS) is 20.6. The molecule has 164 valence electrons. The van der Waals surface area contributed by atoms with Crippen LogP contribution < -0.4 is 5.32 Å². The molecule has 2 rings (SSSR count). The van der Waals surface area contributed by atoms with E-state index in [1.807, 2.05) is 6.92 Å². The highest BCUT2D eigenvalue weighted by Crippen LogP contribution is 2.28. The highest BCUT2D eigenvalue weighted by molar-refractivity contribution is 14.0. The summed E-state index contributed by atoms with van der Waals surface area (Å²) in [4.78, 5) is 21.7. The van der Waals surface area contributed by atoms with Gasteiger partial charge in [-0.3, -0.25) is 9.79 Å². The van der Waals surface area contributed by atoms with Gasteiger partial charge in [0, 0.05) is 25.7 Å². The SMILES string of the molecule is CCNC(=NCC(C1CCCCC1)N(C)C)N1CCC(C(=O)OCC)CC1.I. The van der Waals surface area contributed by atoms with Gasteiger partial charge < -0.3 is 19.9 Å². The van der Waals surface area contributed by atoms with Gasteiger partial charge in [-0.2, -0.15) is 0 Å². The molecule has 0 aromatic rings. The molecule has 1 saturated heterocycles. The monoisotopic (exact) mass is 508 g/mol. The van der Waals surface area contributed by atoms with Gasteiger partial charge in [-0.05, 0) is 59.5 Å². The Morgan fingerprint density at radius 2 is 1.79 bits per heavy atom. The summed E-state index contributed by atoms with van der Waals surface area (Å²) in [6.07, 6.45) is 8.48. The minimum atomic E-state index is -0.0379. The molecule has 2 fully saturated rings. The first-order valence-corrected chi connectivity index (χ1v) is 10.9. The van der Waals surface area contributed by atoms with Crippen LogP contribution in [0.25, 0.3) is 0 Å². The largest absolute Gasteiger partial charge is 0.466 e. The molecule has 1 heterocycles. The van der Waals surface area contributed by atoms with Crippen molar-refractivity contribution >= 4 is 35.9 Å². The highest BCUT2D eigenvalue weighted by atomic mass is 127. The minimum absolute atomic E-state index is 0. The van der Waals surface area contributed by atoms with Crippen molar-refractivity contribution in [2.24, 2.45) is 16.8 Å². The molecule has 6 nitrogen and oxygen atoms in total. The van der Waals surface area contributed by atoms with Crippen molar-refractivity contribution in [1.29, 1.82) is 0 Å². The summed E-state index contributed by atoms with van der Waals surface area (Å²) in [7, 11) is 4.37. The fraction of sp³-hybridized carbons (Fsp3) is 0.905. The molecule has 1 aliphatic carbocycles. The number of aliphatic imine (C=N–C) groups is 1. The maximum absolute atomic E-state index is 12.0. The molecule has 1 unspecified atom stereocenters. The first-order chi connectivity index (χ1) is 13.1. The topological polar surface area (TPSA) is 57.2 Å². The molecule has 0 bridgehead atoms. The van der Waals surface area contributed by atoms with Crippen LogP contribution in [0.4, 0.5) is 0 Å². The average molecular weight is 508 g/mol. The van der Waals surface area contributed by atoms with Crippen LogP contribution in [-0.4, -0.2) is 74.7 Å². The molecular formula is C21H41IN4O2. The van der Waals surface area contributed by atoms with Crippen LogP contribution in [0.15, 0.2) is 4.99 Å². The van der Waals surface area contributed by atoms with E-state index in [1.54, 1.807) is 0 Å². The molecule has 0 aromatic carbocycles. The predicted molar refractivity (Wildman–Crippen MR) is 126 cm³/mol. The third-order valence-electron chi connectivity index (χ3n) is 6.03. The number of hydrogen-bond donors (Lipinski definition) is 1. The Kier molecular flexibility index (Phi) is 12.4. The maximum Gasteiger partial charge on any atom is 0.309 e. The first kappa shape index (κ1) is 25.5. The highest BCUT2D eigenvalue weighted by Gasteiger charge is 2.28. The third kappa shape index (κ3) is 7.69. The molecule has 0 radical (unpaired) electrons. The lowest BCUT2D eigenvalue weighted by atomic mass is 9.83. The van der Waals surface area contributed by atoms with Crippen molar-refractivity contribution in [3.05, 3.63) is 0 Å². The second-order valence-electron chi connectivity index (χ2n) is 8.14. The van der Waals surface area contributed by atoms with Gasteiger partial charge in [0.2, 0.25) is 0 Å². The Morgan fingerprint density at radius 1 is 1.14 bits per heavy atom. The summed E-state index contributed by atoms with van der Waals surface area (Å²) >= 11 is 0. The first-order valence-electron chi connectivity index (χ1n) is 10.9. The number of likely N-dealkylation sites (tertiary alicyclic amines) is 1. The van der Waals surface area contributed by atoms with Crippen LogP contribution in [0.3, 0.4) is 0 Å². The van der Waals surface area contributed by atoms with E-state index in [0.29, 0.717) is 12.6 Å². The molecule has 28 heavy (non-hydrogen) atoms. The third-order valence-corrected chi connectivity index (χ3v) is 6.03. The van der Waals surface area contributed by atoms with Gasteiger partial charge >= 0.3 is 5.97 Å². The van der Waals surface area contributed by atoms with Crippen LogP contribution in [0, 0.1) is 11.8 Å². The zero-order chi connectivity index (χ0) is 19.6. The number of guanidine groups is 1. The van der Waals surface area contributed by atoms with Gasteiger partial charge in [0.1, 0.15) is 0 Å². The predicted octanol–water partition coefficient (Wildman–Crippen LogP) is 3.36. The second-order valence-corrected chi connectivity index (χ2v) is 8.14. The standard InChI is InChI=1S/C21H40N4O2.HI/c1-5-22-21(25-14-12-18(13-15-25)20(26)27-6-2)23-16-19(24(3)4)17-10-8-7-9-11-17;/h17-19H,5-16H2,1-4H3,(H,22,23);1H. The molecule has 0 amide bonds. The fourth-order valence-electron chi connectivity index (χ4n) is 4.45. The lowest BCUT2D eigenvalue weighted by Crippen LogP contribution is -2.47. The molecule has 1 aliphatic heterocycles. The van der Waals surface area contributed by atoms with Crippen molar-refractivity contribution < 1.29 is 9.53 Å². The molecule has 1 atom stereocenters. The van der Waals surface area contributed by atoms with E-state index < -0.39 is 0 Å². The Hall–Kier alpha value is -0.570. The van der Waals surface area contributed by atoms with E-state index in [9.17, 15) is 4.79 Å². The molecule has 0 spiro atoms. The summed E-state index contributed by atoms with van der Waals surface area (Å²) in [5.74, 6) is 1.77.